The SMILES string of the molecule is CC(C)C1CN(CCn2ccccc2=O)C(C)(C)CN1. The first-order valence-corrected chi connectivity index (χ1v) is 7.54. The maximum atomic E-state index is 11.8. The van der Waals surface area contributed by atoms with Gasteiger partial charge in [0.1, 0.15) is 0 Å². The summed E-state index contributed by atoms with van der Waals surface area (Å²) in [6.45, 7) is 12.8. The van der Waals surface area contributed by atoms with E-state index in [2.05, 4.69) is 37.9 Å². The molecular formula is C16H27N3O. The number of hydrogen-bond acceptors (Lipinski definition) is 3. The molecule has 0 saturated carbocycles. The van der Waals surface area contributed by atoms with Crippen LogP contribution in [0.5, 0.6) is 0 Å². The van der Waals surface area contributed by atoms with Crippen LogP contribution < -0.4 is 10.9 Å². The molecule has 4 heteroatoms. The van der Waals surface area contributed by atoms with E-state index in [0.29, 0.717) is 12.0 Å². The molecule has 1 aromatic heterocycles. The van der Waals surface area contributed by atoms with Crippen LogP contribution in [0.4, 0.5) is 0 Å². The van der Waals surface area contributed by atoms with Crippen molar-refractivity contribution in [1.29, 1.82) is 0 Å². The van der Waals surface area contributed by atoms with Crippen LogP contribution in [-0.2, 0) is 6.54 Å². The Kier molecular flexibility index (Phi) is 4.66. The van der Waals surface area contributed by atoms with E-state index in [4.69, 9.17) is 0 Å². The first-order valence-electron chi connectivity index (χ1n) is 7.54. The zero-order valence-electron chi connectivity index (χ0n) is 13.1. The zero-order valence-corrected chi connectivity index (χ0v) is 13.1. The third kappa shape index (κ3) is 3.49. The third-order valence-electron chi connectivity index (χ3n) is 4.38. The number of aromatic nitrogens is 1. The molecule has 1 unspecified atom stereocenters. The van der Waals surface area contributed by atoms with Gasteiger partial charge in [0.05, 0.1) is 0 Å². The van der Waals surface area contributed by atoms with E-state index >= 15 is 0 Å². The molecule has 0 aromatic carbocycles. The molecule has 0 aliphatic carbocycles. The predicted molar refractivity (Wildman–Crippen MR) is 83.0 cm³/mol. The van der Waals surface area contributed by atoms with Crippen LogP contribution in [0.1, 0.15) is 27.7 Å². The van der Waals surface area contributed by atoms with Crippen molar-refractivity contribution in [2.75, 3.05) is 19.6 Å². The third-order valence-corrected chi connectivity index (χ3v) is 4.38. The Morgan fingerprint density at radius 3 is 2.75 bits per heavy atom. The molecule has 1 atom stereocenters. The summed E-state index contributed by atoms with van der Waals surface area (Å²) in [6.07, 6.45) is 1.87. The highest BCUT2D eigenvalue weighted by molar-refractivity contribution is 4.96. The van der Waals surface area contributed by atoms with Crippen molar-refractivity contribution in [2.45, 2.75) is 45.8 Å². The van der Waals surface area contributed by atoms with Gasteiger partial charge in [-0.15, -0.1) is 0 Å². The Labute approximate surface area is 121 Å². The summed E-state index contributed by atoms with van der Waals surface area (Å²) in [5.74, 6) is 0.632. The van der Waals surface area contributed by atoms with Gasteiger partial charge < -0.3 is 9.88 Å². The summed E-state index contributed by atoms with van der Waals surface area (Å²) in [5.41, 5.74) is 0.227. The van der Waals surface area contributed by atoms with Crippen LogP contribution in [0.15, 0.2) is 29.2 Å². The molecule has 0 spiro atoms. The number of pyridine rings is 1. The molecule has 2 heterocycles. The molecule has 0 bridgehead atoms. The normalized spacial score (nSPS) is 23.1. The van der Waals surface area contributed by atoms with Crippen LogP contribution in [0.3, 0.4) is 0 Å². The monoisotopic (exact) mass is 277 g/mol. The van der Waals surface area contributed by atoms with E-state index in [1.54, 1.807) is 16.7 Å². The summed E-state index contributed by atoms with van der Waals surface area (Å²) in [4.78, 5) is 14.3. The minimum atomic E-state index is 0.0841. The topological polar surface area (TPSA) is 37.3 Å². The average Bonchev–Trinajstić information content (AvgIpc) is 2.38. The molecule has 1 aliphatic rings. The molecule has 20 heavy (non-hydrogen) atoms. The Bertz CT molecular complexity index is 492. The summed E-state index contributed by atoms with van der Waals surface area (Å²) < 4.78 is 1.79. The van der Waals surface area contributed by atoms with Crippen LogP contribution in [0.2, 0.25) is 0 Å². The van der Waals surface area contributed by atoms with Crippen LogP contribution in [-0.4, -0.2) is 40.7 Å². The van der Waals surface area contributed by atoms with Crippen molar-refractivity contribution in [2.24, 2.45) is 5.92 Å². The Balaban J connectivity index is 2.02. The standard InChI is InChI=1S/C16H27N3O/c1-13(2)14-11-19(16(3,4)12-17-14)10-9-18-8-6-5-7-15(18)20/h5-8,13-14,17H,9-12H2,1-4H3. The lowest BCUT2D eigenvalue weighted by molar-refractivity contribution is 0.0513. The maximum absolute atomic E-state index is 11.8. The van der Waals surface area contributed by atoms with E-state index in [0.717, 1.165) is 26.2 Å². The van der Waals surface area contributed by atoms with Gasteiger partial charge >= 0.3 is 0 Å². The fraction of sp³-hybridized carbons (Fsp3) is 0.688. The number of nitrogens with one attached hydrogen (secondary N) is 1. The molecular weight excluding hydrogens is 250 g/mol. The minimum absolute atomic E-state index is 0.0841. The molecule has 0 radical (unpaired) electrons. The number of nitrogens with zero attached hydrogens (tertiary/aromatic N) is 2. The number of hydrogen-bond donors (Lipinski definition) is 1. The molecule has 1 aliphatic heterocycles. The van der Waals surface area contributed by atoms with Gasteiger partial charge in [-0.25, -0.2) is 0 Å². The number of piperazine rings is 1. The quantitative estimate of drug-likeness (QED) is 0.907. The van der Waals surface area contributed by atoms with E-state index in [1.165, 1.54) is 0 Å². The second-order valence-corrected chi connectivity index (χ2v) is 6.72. The molecule has 2 rings (SSSR count). The van der Waals surface area contributed by atoms with Crippen molar-refractivity contribution < 1.29 is 0 Å². The van der Waals surface area contributed by atoms with Crippen molar-refractivity contribution in [3.05, 3.63) is 34.7 Å². The lowest BCUT2D eigenvalue weighted by Gasteiger charge is -2.47. The average molecular weight is 277 g/mol. The smallest absolute Gasteiger partial charge is 0.250 e. The van der Waals surface area contributed by atoms with Gasteiger partial charge in [-0.3, -0.25) is 9.69 Å². The molecule has 1 aromatic rings. The van der Waals surface area contributed by atoms with E-state index in [1.807, 2.05) is 12.3 Å². The van der Waals surface area contributed by atoms with Crippen molar-refractivity contribution in [3.63, 3.8) is 0 Å². The minimum Gasteiger partial charge on any atom is -0.314 e. The predicted octanol–water partition coefficient (Wildman–Crippen LogP) is 1.56. The fourth-order valence-corrected chi connectivity index (χ4v) is 2.76. The van der Waals surface area contributed by atoms with Gasteiger partial charge in [0.15, 0.2) is 0 Å². The zero-order chi connectivity index (χ0) is 14.8. The Morgan fingerprint density at radius 1 is 1.35 bits per heavy atom. The first kappa shape index (κ1) is 15.3. The molecule has 4 nitrogen and oxygen atoms in total. The fourth-order valence-electron chi connectivity index (χ4n) is 2.76. The maximum Gasteiger partial charge on any atom is 0.250 e. The van der Waals surface area contributed by atoms with E-state index in [-0.39, 0.29) is 11.1 Å². The van der Waals surface area contributed by atoms with Crippen molar-refractivity contribution in [3.8, 4) is 0 Å². The Hall–Kier alpha value is -1.13. The van der Waals surface area contributed by atoms with Crippen LogP contribution >= 0.6 is 0 Å². The summed E-state index contributed by atoms with van der Waals surface area (Å²) in [5, 5.41) is 3.64. The highest BCUT2D eigenvalue weighted by atomic mass is 16.1. The molecule has 112 valence electrons. The second-order valence-electron chi connectivity index (χ2n) is 6.72. The Morgan fingerprint density at radius 2 is 2.10 bits per heavy atom. The summed E-state index contributed by atoms with van der Waals surface area (Å²) in [7, 11) is 0. The van der Waals surface area contributed by atoms with Gasteiger partial charge in [0.2, 0.25) is 0 Å². The van der Waals surface area contributed by atoms with Crippen molar-refractivity contribution >= 4 is 0 Å². The van der Waals surface area contributed by atoms with Crippen molar-refractivity contribution in [1.82, 2.24) is 14.8 Å². The molecule has 1 saturated heterocycles. The summed E-state index contributed by atoms with van der Waals surface area (Å²) >= 11 is 0. The first-order chi connectivity index (χ1) is 9.40. The lowest BCUT2D eigenvalue weighted by atomic mass is 9.93. The van der Waals surface area contributed by atoms with Gasteiger partial charge in [-0.2, -0.15) is 0 Å². The molecule has 1 N–H and O–H groups in total. The number of rotatable bonds is 4. The molecule has 1 fully saturated rings. The van der Waals surface area contributed by atoms with Gasteiger partial charge in [0, 0.05) is 50.0 Å². The highest BCUT2D eigenvalue weighted by Gasteiger charge is 2.34. The lowest BCUT2D eigenvalue weighted by Crippen LogP contribution is -2.63. The van der Waals surface area contributed by atoms with Crippen LogP contribution in [0, 0.1) is 5.92 Å². The van der Waals surface area contributed by atoms with Gasteiger partial charge in [-0.05, 0) is 25.8 Å². The van der Waals surface area contributed by atoms with Crippen LogP contribution in [0.25, 0.3) is 0 Å². The van der Waals surface area contributed by atoms with E-state index < -0.39 is 0 Å². The van der Waals surface area contributed by atoms with Gasteiger partial charge in [-0.1, -0.05) is 19.9 Å². The van der Waals surface area contributed by atoms with E-state index in [9.17, 15) is 4.79 Å². The highest BCUT2D eigenvalue weighted by Crippen LogP contribution is 2.21. The molecule has 0 amide bonds. The van der Waals surface area contributed by atoms with Gasteiger partial charge in [0.25, 0.3) is 5.56 Å². The largest absolute Gasteiger partial charge is 0.314 e. The second kappa shape index (κ2) is 6.10. The summed E-state index contributed by atoms with van der Waals surface area (Å²) in [6, 6.07) is 5.87.